The first-order chi connectivity index (χ1) is 13.9. The first kappa shape index (κ1) is 19.2. The zero-order valence-electron chi connectivity index (χ0n) is 15.1. The van der Waals surface area contributed by atoms with Gasteiger partial charge in [0.15, 0.2) is 5.82 Å². The lowest BCUT2D eigenvalue weighted by atomic mass is 10.2. The summed E-state index contributed by atoms with van der Waals surface area (Å²) in [5.74, 6) is 0.686. The molecule has 1 aliphatic rings. The Balaban J connectivity index is 1.52. The Morgan fingerprint density at radius 1 is 1.24 bits per heavy atom. The number of hydrogen-bond acceptors (Lipinski definition) is 5. The normalized spacial score (nSPS) is 15.0. The predicted octanol–water partition coefficient (Wildman–Crippen LogP) is 3.78. The van der Waals surface area contributed by atoms with E-state index in [0.717, 1.165) is 5.56 Å². The maximum atomic E-state index is 12.5. The Morgan fingerprint density at radius 3 is 2.72 bits per heavy atom. The van der Waals surface area contributed by atoms with Crippen molar-refractivity contribution < 1.29 is 14.3 Å². The van der Waals surface area contributed by atoms with E-state index in [1.165, 1.54) is 4.68 Å². The number of nitrogens with zero attached hydrogens (tertiary/aromatic N) is 3. The number of carbonyl (C=O) groups excluding carboxylic acids is 2. The number of methoxy groups -OCH3 is 1. The van der Waals surface area contributed by atoms with E-state index in [-0.39, 0.29) is 12.3 Å². The van der Waals surface area contributed by atoms with Crippen LogP contribution >= 0.6 is 23.2 Å². The highest BCUT2D eigenvalue weighted by Gasteiger charge is 2.35. The van der Waals surface area contributed by atoms with Gasteiger partial charge in [0.25, 0.3) is 5.91 Å². The van der Waals surface area contributed by atoms with Gasteiger partial charge >= 0.3 is 0 Å². The largest absolute Gasteiger partial charge is 0.497 e. The van der Waals surface area contributed by atoms with Crippen LogP contribution in [0.3, 0.4) is 0 Å². The summed E-state index contributed by atoms with van der Waals surface area (Å²) in [5, 5.41) is 10.5. The second-order valence-corrected chi connectivity index (χ2v) is 7.16. The number of hydrogen-bond donors (Lipinski definition) is 2. The Kier molecular flexibility index (Phi) is 5.12. The zero-order valence-corrected chi connectivity index (χ0v) is 16.7. The van der Waals surface area contributed by atoms with Crippen LogP contribution in [0, 0.1) is 0 Å². The maximum absolute atomic E-state index is 12.5. The molecule has 0 radical (unpaired) electrons. The number of carbonyl (C=O) groups is 2. The van der Waals surface area contributed by atoms with E-state index in [0.29, 0.717) is 33.3 Å². The standard InChI is InChI=1S/C19H15Cl2N5O3/c1-29-12-5-2-10(3-6-12)17-23-19-24-18(28)15(26(19)25-17)9-16(27)22-14-8-11(20)4-7-13(14)21/h2-8,15H,9H2,1H3,(H,22,27)(H,23,24,25,28). The van der Waals surface area contributed by atoms with E-state index in [9.17, 15) is 9.59 Å². The van der Waals surface area contributed by atoms with Crippen molar-refractivity contribution in [1.29, 1.82) is 0 Å². The Labute approximate surface area is 175 Å². The number of aromatic nitrogens is 3. The van der Waals surface area contributed by atoms with Crippen molar-refractivity contribution in [2.24, 2.45) is 0 Å². The van der Waals surface area contributed by atoms with E-state index in [1.807, 2.05) is 12.1 Å². The van der Waals surface area contributed by atoms with E-state index in [2.05, 4.69) is 20.7 Å². The molecule has 148 valence electrons. The van der Waals surface area contributed by atoms with Crippen molar-refractivity contribution in [3.8, 4) is 17.1 Å². The number of nitrogens with one attached hydrogen (secondary N) is 2. The third kappa shape index (κ3) is 3.90. The molecule has 0 aliphatic carbocycles. The molecular weight excluding hydrogens is 417 g/mol. The summed E-state index contributed by atoms with van der Waals surface area (Å²) in [7, 11) is 1.58. The lowest BCUT2D eigenvalue weighted by molar-refractivity contribution is -0.123. The third-order valence-corrected chi connectivity index (χ3v) is 4.96. The van der Waals surface area contributed by atoms with Gasteiger partial charge in [-0.3, -0.25) is 14.9 Å². The van der Waals surface area contributed by atoms with Gasteiger partial charge in [-0.2, -0.15) is 4.98 Å². The number of fused-ring (bicyclic) bond motifs is 1. The van der Waals surface area contributed by atoms with Crippen molar-refractivity contribution >= 4 is 46.7 Å². The van der Waals surface area contributed by atoms with Crippen molar-refractivity contribution in [3.63, 3.8) is 0 Å². The van der Waals surface area contributed by atoms with Crippen LogP contribution in [0.4, 0.5) is 11.6 Å². The first-order valence-corrected chi connectivity index (χ1v) is 9.37. The van der Waals surface area contributed by atoms with Crippen LogP contribution in [0.2, 0.25) is 10.0 Å². The minimum absolute atomic E-state index is 0.132. The molecule has 2 N–H and O–H groups in total. The summed E-state index contributed by atoms with van der Waals surface area (Å²) < 4.78 is 6.56. The molecule has 1 aliphatic heterocycles. The number of anilines is 2. The van der Waals surface area contributed by atoms with Crippen LogP contribution in [0.1, 0.15) is 12.5 Å². The molecule has 10 heteroatoms. The summed E-state index contributed by atoms with van der Waals surface area (Å²) in [4.78, 5) is 29.1. The van der Waals surface area contributed by atoms with Gasteiger partial charge in [-0.25, -0.2) is 4.68 Å². The molecule has 0 saturated carbocycles. The topological polar surface area (TPSA) is 98.1 Å². The van der Waals surface area contributed by atoms with Crippen molar-refractivity contribution in [1.82, 2.24) is 14.8 Å². The average molecular weight is 432 g/mol. The van der Waals surface area contributed by atoms with Gasteiger partial charge in [0.2, 0.25) is 11.9 Å². The molecule has 29 heavy (non-hydrogen) atoms. The van der Waals surface area contributed by atoms with Crippen LogP contribution in [-0.4, -0.2) is 33.7 Å². The summed E-state index contributed by atoms with van der Waals surface area (Å²) in [6.07, 6.45) is -0.132. The molecule has 1 atom stereocenters. The van der Waals surface area contributed by atoms with E-state index < -0.39 is 11.9 Å². The minimum Gasteiger partial charge on any atom is -0.497 e. The lowest BCUT2D eigenvalue weighted by Gasteiger charge is -2.11. The highest BCUT2D eigenvalue weighted by Crippen LogP contribution is 2.30. The molecule has 4 rings (SSSR count). The Bertz CT molecular complexity index is 1100. The molecule has 2 amide bonds. The van der Waals surface area contributed by atoms with Crippen LogP contribution in [-0.2, 0) is 9.59 Å². The molecule has 2 heterocycles. The van der Waals surface area contributed by atoms with Gasteiger partial charge in [-0.1, -0.05) is 23.2 Å². The van der Waals surface area contributed by atoms with E-state index in [4.69, 9.17) is 27.9 Å². The highest BCUT2D eigenvalue weighted by molar-refractivity contribution is 6.35. The van der Waals surface area contributed by atoms with Crippen LogP contribution in [0.25, 0.3) is 11.4 Å². The quantitative estimate of drug-likeness (QED) is 0.640. The van der Waals surface area contributed by atoms with Gasteiger partial charge in [-0.15, -0.1) is 5.10 Å². The zero-order chi connectivity index (χ0) is 20.5. The van der Waals surface area contributed by atoms with E-state index in [1.54, 1.807) is 37.4 Å². The van der Waals surface area contributed by atoms with Gasteiger partial charge in [0.1, 0.15) is 11.8 Å². The van der Waals surface area contributed by atoms with Crippen LogP contribution in [0.15, 0.2) is 42.5 Å². The second-order valence-electron chi connectivity index (χ2n) is 6.31. The van der Waals surface area contributed by atoms with Crippen LogP contribution in [0.5, 0.6) is 5.75 Å². The predicted molar refractivity (Wildman–Crippen MR) is 109 cm³/mol. The van der Waals surface area contributed by atoms with Gasteiger partial charge in [-0.05, 0) is 42.5 Å². The highest BCUT2D eigenvalue weighted by atomic mass is 35.5. The SMILES string of the molecule is COc1ccc(-c2nc3n(n2)C(CC(=O)Nc2cc(Cl)ccc2Cl)C(=O)N3)cc1. The summed E-state index contributed by atoms with van der Waals surface area (Å²) >= 11 is 12.0. The van der Waals surface area contributed by atoms with Crippen LogP contribution < -0.4 is 15.4 Å². The van der Waals surface area contributed by atoms with Gasteiger partial charge in [0.05, 0.1) is 24.2 Å². The monoisotopic (exact) mass is 431 g/mol. The average Bonchev–Trinajstić information content (AvgIpc) is 3.23. The molecule has 0 spiro atoms. The number of amides is 2. The summed E-state index contributed by atoms with van der Waals surface area (Å²) in [5.41, 5.74) is 1.14. The molecule has 0 saturated heterocycles. The molecule has 0 fully saturated rings. The Hall–Kier alpha value is -3.10. The molecule has 1 unspecified atom stereocenters. The first-order valence-electron chi connectivity index (χ1n) is 8.61. The molecule has 1 aromatic heterocycles. The third-order valence-electron chi connectivity index (χ3n) is 4.39. The van der Waals surface area contributed by atoms with Gasteiger partial charge in [0, 0.05) is 10.6 Å². The fourth-order valence-corrected chi connectivity index (χ4v) is 3.28. The molecule has 8 nitrogen and oxygen atoms in total. The molecule has 2 aromatic carbocycles. The molecule has 0 bridgehead atoms. The summed E-state index contributed by atoms with van der Waals surface area (Å²) in [6, 6.07) is 11.1. The minimum atomic E-state index is -0.817. The number of rotatable bonds is 5. The maximum Gasteiger partial charge on any atom is 0.252 e. The van der Waals surface area contributed by atoms with Crippen molar-refractivity contribution in [3.05, 3.63) is 52.5 Å². The lowest BCUT2D eigenvalue weighted by Crippen LogP contribution is -2.23. The number of halogens is 2. The molecule has 3 aromatic rings. The fourth-order valence-electron chi connectivity index (χ4n) is 2.94. The van der Waals surface area contributed by atoms with E-state index >= 15 is 0 Å². The second kappa shape index (κ2) is 7.73. The number of ether oxygens (including phenoxy) is 1. The van der Waals surface area contributed by atoms with Crippen molar-refractivity contribution in [2.45, 2.75) is 12.5 Å². The van der Waals surface area contributed by atoms with Crippen molar-refractivity contribution in [2.75, 3.05) is 17.7 Å². The molecular formula is C19H15Cl2N5O3. The summed E-state index contributed by atoms with van der Waals surface area (Å²) in [6.45, 7) is 0. The smallest absolute Gasteiger partial charge is 0.252 e. The van der Waals surface area contributed by atoms with Gasteiger partial charge < -0.3 is 10.1 Å². The Morgan fingerprint density at radius 2 is 2.00 bits per heavy atom. The fraction of sp³-hybridized carbons (Fsp3) is 0.158. The number of benzene rings is 2.